The summed E-state index contributed by atoms with van der Waals surface area (Å²) in [5, 5.41) is 8.46. The van der Waals surface area contributed by atoms with E-state index in [4.69, 9.17) is 16.3 Å². The molecule has 2 aromatic heterocycles. The average molecular weight is 336 g/mol. The van der Waals surface area contributed by atoms with E-state index in [0.29, 0.717) is 17.5 Å². The number of rotatable bonds is 4. The highest BCUT2D eigenvalue weighted by Gasteiger charge is 2.18. The van der Waals surface area contributed by atoms with Crippen molar-refractivity contribution in [1.82, 2.24) is 14.8 Å². The van der Waals surface area contributed by atoms with Crippen molar-refractivity contribution < 1.29 is 9.53 Å². The van der Waals surface area contributed by atoms with Crippen LogP contribution in [0.25, 0.3) is 10.9 Å². The van der Waals surface area contributed by atoms with Crippen molar-refractivity contribution in [2.24, 2.45) is 7.05 Å². The van der Waals surface area contributed by atoms with Gasteiger partial charge in [-0.05, 0) is 31.2 Å². The van der Waals surface area contributed by atoms with Crippen LogP contribution in [0.2, 0.25) is 5.15 Å². The Kier molecular flexibility index (Phi) is 4.13. The fraction of sp³-hybridized carbons (Fsp3) is 0.200. The second kappa shape index (κ2) is 6.06. The van der Waals surface area contributed by atoms with E-state index in [1.54, 1.807) is 30.8 Å². The van der Waals surface area contributed by atoms with E-state index in [0.717, 1.165) is 20.7 Å². The van der Waals surface area contributed by atoms with E-state index in [1.165, 1.54) is 11.8 Å². The van der Waals surface area contributed by atoms with Gasteiger partial charge in [-0.15, -0.1) is 0 Å². The number of fused-ring (bicyclic) bond motifs is 1. The summed E-state index contributed by atoms with van der Waals surface area (Å²) >= 11 is 7.82. The molecule has 1 N–H and O–H groups in total. The fourth-order valence-corrected chi connectivity index (χ4v) is 3.36. The van der Waals surface area contributed by atoms with Crippen molar-refractivity contribution in [3.8, 4) is 0 Å². The first-order valence-corrected chi connectivity index (χ1v) is 7.93. The normalized spacial score (nSPS) is 11.0. The molecule has 2 heterocycles. The van der Waals surface area contributed by atoms with Gasteiger partial charge in [0.1, 0.15) is 10.8 Å². The summed E-state index contributed by atoms with van der Waals surface area (Å²) in [6, 6.07) is 7.73. The lowest BCUT2D eigenvalue weighted by molar-refractivity contribution is 0.0515. The van der Waals surface area contributed by atoms with Gasteiger partial charge >= 0.3 is 5.97 Å². The number of carbonyl (C=O) groups excluding carboxylic acids is 1. The molecule has 0 fully saturated rings. The lowest BCUT2D eigenvalue weighted by atomic mass is 10.3. The number of benzene rings is 1. The zero-order chi connectivity index (χ0) is 15.7. The molecule has 0 saturated heterocycles. The smallest absolute Gasteiger partial charge is 0.355 e. The van der Waals surface area contributed by atoms with Crippen LogP contribution in [0.15, 0.2) is 40.3 Å². The Balaban J connectivity index is 1.91. The van der Waals surface area contributed by atoms with Crippen LogP contribution >= 0.6 is 23.4 Å². The minimum Gasteiger partial charge on any atom is -0.461 e. The predicted molar refractivity (Wildman–Crippen MR) is 86.6 cm³/mol. The Labute approximate surface area is 136 Å². The number of ether oxygens (including phenoxy) is 1. The molecule has 5 nitrogen and oxygen atoms in total. The summed E-state index contributed by atoms with van der Waals surface area (Å²) in [5.74, 6) is -0.371. The first-order valence-electron chi connectivity index (χ1n) is 6.73. The molecule has 7 heteroatoms. The number of nitrogens with zero attached hydrogens (tertiary/aromatic N) is 2. The number of carbonyl (C=O) groups is 1. The molecule has 0 amide bonds. The maximum Gasteiger partial charge on any atom is 0.355 e. The van der Waals surface area contributed by atoms with Crippen LogP contribution in [0.3, 0.4) is 0 Å². The van der Waals surface area contributed by atoms with Gasteiger partial charge in [-0.1, -0.05) is 23.4 Å². The van der Waals surface area contributed by atoms with Gasteiger partial charge in [0.25, 0.3) is 0 Å². The summed E-state index contributed by atoms with van der Waals surface area (Å²) in [5.41, 5.74) is 1.43. The molecule has 0 saturated carbocycles. The minimum atomic E-state index is -0.371. The summed E-state index contributed by atoms with van der Waals surface area (Å²) < 4.78 is 6.67. The van der Waals surface area contributed by atoms with Gasteiger partial charge < -0.3 is 9.30 Å². The monoisotopic (exact) mass is 335 g/mol. The molecule has 0 atom stereocenters. The highest BCUT2D eigenvalue weighted by Crippen LogP contribution is 2.36. The standard InChI is InChI=1S/C15H14ClN3O2S/c1-3-21-15(20)12-7-13(14(16)19(12)2)22-10-4-5-11-9(6-10)8-17-18-11/h4-8H,3H2,1-2H3,(H,17,18). The first kappa shape index (κ1) is 15.0. The molecular formula is C15H14ClN3O2S. The lowest BCUT2D eigenvalue weighted by Gasteiger charge is -2.03. The SMILES string of the molecule is CCOC(=O)c1cc(Sc2ccc3[nH]ncc3c2)c(Cl)n1C. The Morgan fingerprint density at radius 1 is 1.45 bits per heavy atom. The number of aromatic nitrogens is 3. The van der Waals surface area contributed by atoms with Gasteiger partial charge in [0.15, 0.2) is 0 Å². The molecule has 0 aliphatic rings. The number of aromatic amines is 1. The molecule has 0 unspecified atom stereocenters. The highest BCUT2D eigenvalue weighted by molar-refractivity contribution is 7.99. The third-order valence-electron chi connectivity index (χ3n) is 3.25. The molecule has 1 aromatic carbocycles. The summed E-state index contributed by atoms with van der Waals surface area (Å²) in [6.45, 7) is 2.11. The Bertz CT molecular complexity index is 841. The van der Waals surface area contributed by atoms with Gasteiger partial charge in [0, 0.05) is 17.3 Å². The zero-order valence-corrected chi connectivity index (χ0v) is 13.7. The van der Waals surface area contributed by atoms with Crippen LogP contribution in [-0.4, -0.2) is 27.3 Å². The van der Waals surface area contributed by atoms with Crippen molar-refractivity contribution in [3.63, 3.8) is 0 Å². The van der Waals surface area contributed by atoms with Crippen LogP contribution in [0, 0.1) is 0 Å². The number of halogens is 1. The lowest BCUT2D eigenvalue weighted by Crippen LogP contribution is -2.09. The highest BCUT2D eigenvalue weighted by atomic mass is 35.5. The molecule has 0 aliphatic heterocycles. The molecule has 3 rings (SSSR count). The van der Waals surface area contributed by atoms with Crippen molar-refractivity contribution in [1.29, 1.82) is 0 Å². The van der Waals surface area contributed by atoms with Crippen molar-refractivity contribution in [3.05, 3.63) is 41.3 Å². The average Bonchev–Trinajstić information content (AvgIpc) is 3.07. The Hall–Kier alpha value is -1.92. The summed E-state index contributed by atoms with van der Waals surface area (Å²) in [4.78, 5) is 13.7. The van der Waals surface area contributed by atoms with Crippen LogP contribution in [-0.2, 0) is 11.8 Å². The number of hydrogen-bond donors (Lipinski definition) is 1. The minimum absolute atomic E-state index is 0.335. The van der Waals surface area contributed by atoms with Gasteiger partial charge in [0.2, 0.25) is 0 Å². The van der Waals surface area contributed by atoms with E-state index < -0.39 is 0 Å². The molecule has 3 aromatic rings. The third-order valence-corrected chi connectivity index (χ3v) is 4.84. The third kappa shape index (κ3) is 2.71. The second-order valence-electron chi connectivity index (χ2n) is 4.69. The van der Waals surface area contributed by atoms with E-state index in [1.807, 2.05) is 18.2 Å². The van der Waals surface area contributed by atoms with Crippen molar-refractivity contribution >= 4 is 40.2 Å². The maximum atomic E-state index is 11.9. The van der Waals surface area contributed by atoms with Crippen LogP contribution in [0.4, 0.5) is 0 Å². The molecule has 0 radical (unpaired) electrons. The summed E-state index contributed by atoms with van der Waals surface area (Å²) in [6.07, 6.45) is 1.77. The van der Waals surface area contributed by atoms with Crippen molar-refractivity contribution in [2.45, 2.75) is 16.7 Å². The van der Waals surface area contributed by atoms with Crippen LogP contribution in [0.5, 0.6) is 0 Å². The molecule has 22 heavy (non-hydrogen) atoms. The fourth-order valence-electron chi connectivity index (χ4n) is 2.14. The van der Waals surface area contributed by atoms with Gasteiger partial charge in [0.05, 0.1) is 23.2 Å². The second-order valence-corrected chi connectivity index (χ2v) is 6.16. The van der Waals surface area contributed by atoms with E-state index in [9.17, 15) is 4.79 Å². The zero-order valence-electron chi connectivity index (χ0n) is 12.1. The van der Waals surface area contributed by atoms with Gasteiger partial charge in [-0.25, -0.2) is 4.79 Å². The molecular weight excluding hydrogens is 322 g/mol. The molecule has 114 valence electrons. The molecule has 0 bridgehead atoms. The number of nitrogens with one attached hydrogen (secondary N) is 1. The Morgan fingerprint density at radius 2 is 2.27 bits per heavy atom. The van der Waals surface area contributed by atoms with Crippen LogP contribution in [0.1, 0.15) is 17.4 Å². The van der Waals surface area contributed by atoms with Crippen molar-refractivity contribution in [2.75, 3.05) is 6.61 Å². The van der Waals surface area contributed by atoms with E-state index in [2.05, 4.69) is 10.2 Å². The predicted octanol–water partition coefficient (Wildman–Crippen LogP) is 3.88. The number of esters is 1. The van der Waals surface area contributed by atoms with Gasteiger partial charge in [-0.3, -0.25) is 5.10 Å². The number of hydrogen-bond acceptors (Lipinski definition) is 4. The van der Waals surface area contributed by atoms with E-state index >= 15 is 0 Å². The Morgan fingerprint density at radius 3 is 3.05 bits per heavy atom. The molecule has 0 spiro atoms. The largest absolute Gasteiger partial charge is 0.461 e. The molecule has 0 aliphatic carbocycles. The van der Waals surface area contributed by atoms with Crippen LogP contribution < -0.4 is 0 Å². The maximum absolute atomic E-state index is 11.9. The van der Waals surface area contributed by atoms with E-state index in [-0.39, 0.29) is 5.97 Å². The van der Waals surface area contributed by atoms with Gasteiger partial charge in [-0.2, -0.15) is 5.10 Å². The summed E-state index contributed by atoms with van der Waals surface area (Å²) in [7, 11) is 1.75. The first-order chi connectivity index (χ1) is 10.6. The quantitative estimate of drug-likeness (QED) is 0.735. The number of H-pyrrole nitrogens is 1. The topological polar surface area (TPSA) is 59.9 Å².